The lowest BCUT2D eigenvalue weighted by Gasteiger charge is -2.14. The predicted molar refractivity (Wildman–Crippen MR) is 121 cm³/mol. The minimum Gasteiger partial charge on any atom is -0.489 e. The monoisotopic (exact) mass is 455 g/mol. The first-order valence-electron chi connectivity index (χ1n) is 10.7. The minimum atomic E-state index is -1.03. The predicted octanol–water partition coefficient (Wildman–Crippen LogP) is 3.72. The molecule has 4 rings (SSSR count). The summed E-state index contributed by atoms with van der Waals surface area (Å²) in [7, 11) is 3.64. The van der Waals surface area contributed by atoms with Crippen LogP contribution in [0.3, 0.4) is 0 Å². The van der Waals surface area contributed by atoms with E-state index >= 15 is 0 Å². The first-order valence-corrected chi connectivity index (χ1v) is 10.7. The van der Waals surface area contributed by atoms with Crippen molar-refractivity contribution in [2.24, 2.45) is 7.05 Å². The molecule has 0 saturated heterocycles. The van der Waals surface area contributed by atoms with Gasteiger partial charge in [0.1, 0.15) is 5.65 Å². The van der Waals surface area contributed by atoms with Crippen LogP contribution in [0.25, 0.3) is 16.8 Å². The van der Waals surface area contributed by atoms with Crippen LogP contribution in [0.4, 0.5) is 8.78 Å². The van der Waals surface area contributed by atoms with Crippen LogP contribution in [0.1, 0.15) is 35.7 Å². The highest BCUT2D eigenvalue weighted by molar-refractivity contribution is 5.71. The number of pyridine rings is 1. The van der Waals surface area contributed by atoms with E-state index in [0.29, 0.717) is 29.8 Å². The summed E-state index contributed by atoms with van der Waals surface area (Å²) in [6.07, 6.45) is 3.26. The molecule has 0 aliphatic rings. The Morgan fingerprint density at radius 1 is 1.21 bits per heavy atom. The summed E-state index contributed by atoms with van der Waals surface area (Å²) in [5.74, 6) is -2.16. The van der Waals surface area contributed by atoms with Crippen molar-refractivity contribution in [3.05, 3.63) is 70.9 Å². The lowest BCUT2D eigenvalue weighted by atomic mass is 10.1. The molecule has 2 N–H and O–H groups in total. The van der Waals surface area contributed by atoms with Gasteiger partial charge in [-0.05, 0) is 45.2 Å². The molecule has 1 aromatic carbocycles. The zero-order valence-electron chi connectivity index (χ0n) is 19.1. The molecule has 0 bridgehead atoms. The smallest absolute Gasteiger partial charge is 0.201 e. The van der Waals surface area contributed by atoms with Crippen molar-refractivity contribution < 1.29 is 18.6 Å². The van der Waals surface area contributed by atoms with Gasteiger partial charge in [-0.2, -0.15) is 9.49 Å². The summed E-state index contributed by atoms with van der Waals surface area (Å²) >= 11 is 0. The van der Waals surface area contributed by atoms with Crippen molar-refractivity contribution in [1.29, 1.82) is 0 Å². The molecule has 0 radical (unpaired) electrons. The zero-order valence-corrected chi connectivity index (χ0v) is 19.1. The van der Waals surface area contributed by atoms with Gasteiger partial charge in [0.25, 0.3) is 0 Å². The van der Waals surface area contributed by atoms with E-state index < -0.39 is 17.7 Å². The van der Waals surface area contributed by atoms with Crippen molar-refractivity contribution in [2.45, 2.75) is 32.9 Å². The first-order chi connectivity index (χ1) is 15.8. The Morgan fingerprint density at radius 2 is 2.00 bits per heavy atom. The molecule has 3 aromatic heterocycles. The van der Waals surface area contributed by atoms with E-state index in [1.54, 1.807) is 24.9 Å². The number of aromatic nitrogens is 4. The molecule has 1 unspecified atom stereocenters. The van der Waals surface area contributed by atoms with Gasteiger partial charge in [0.2, 0.25) is 5.82 Å². The van der Waals surface area contributed by atoms with E-state index in [4.69, 9.17) is 4.74 Å². The van der Waals surface area contributed by atoms with Crippen LogP contribution in [0, 0.1) is 18.6 Å². The Bertz CT molecular complexity index is 1300. The number of nitrogens with zero attached hydrogens (tertiary/aromatic N) is 4. The Balaban J connectivity index is 1.66. The number of fused-ring (bicyclic) bond motifs is 1. The fraction of sp³-hybridized carbons (Fsp3) is 0.333. The van der Waals surface area contributed by atoms with E-state index in [2.05, 4.69) is 15.4 Å². The van der Waals surface area contributed by atoms with E-state index in [1.807, 2.05) is 36.7 Å². The number of imidazole rings is 1. The number of nitrogens with one attached hydrogen (secondary N) is 1. The number of hydrogen-bond donors (Lipinski definition) is 2. The second kappa shape index (κ2) is 9.29. The van der Waals surface area contributed by atoms with Crippen molar-refractivity contribution in [3.8, 4) is 16.9 Å². The lowest BCUT2D eigenvalue weighted by molar-refractivity contribution is 0.191. The summed E-state index contributed by atoms with van der Waals surface area (Å²) in [4.78, 5) is 4.37. The van der Waals surface area contributed by atoms with Gasteiger partial charge >= 0.3 is 0 Å². The highest BCUT2D eigenvalue weighted by atomic mass is 19.2. The van der Waals surface area contributed by atoms with Gasteiger partial charge in [-0.15, -0.1) is 0 Å². The quantitative estimate of drug-likeness (QED) is 0.424. The van der Waals surface area contributed by atoms with E-state index in [-0.39, 0.29) is 12.4 Å². The second-order valence-corrected chi connectivity index (χ2v) is 8.01. The number of aryl methyl sites for hydroxylation is 1. The Labute approximate surface area is 190 Å². The Kier molecular flexibility index (Phi) is 6.44. The Hall–Kier alpha value is -3.30. The molecule has 1 atom stereocenters. The molecular weight excluding hydrogens is 428 g/mol. The van der Waals surface area contributed by atoms with Gasteiger partial charge in [0, 0.05) is 48.6 Å². The second-order valence-electron chi connectivity index (χ2n) is 8.01. The molecule has 0 aliphatic heterocycles. The molecular formula is C24H27F2N5O2. The molecule has 174 valence electrons. The van der Waals surface area contributed by atoms with Crippen LogP contribution in [0.5, 0.6) is 5.75 Å². The largest absolute Gasteiger partial charge is 0.489 e. The average molecular weight is 456 g/mol. The maximum absolute atomic E-state index is 14.8. The summed E-state index contributed by atoms with van der Waals surface area (Å²) in [5, 5.41) is 17.5. The maximum Gasteiger partial charge on any atom is 0.201 e. The van der Waals surface area contributed by atoms with Gasteiger partial charge in [-0.3, -0.25) is 4.68 Å². The maximum atomic E-state index is 14.8. The van der Waals surface area contributed by atoms with E-state index in [9.17, 15) is 13.9 Å². The summed E-state index contributed by atoms with van der Waals surface area (Å²) in [6.45, 7) is 4.25. The van der Waals surface area contributed by atoms with E-state index in [0.717, 1.165) is 28.7 Å². The molecule has 0 aliphatic carbocycles. The molecule has 0 fully saturated rings. The number of rotatable bonds is 8. The van der Waals surface area contributed by atoms with Crippen molar-refractivity contribution in [2.75, 3.05) is 13.7 Å². The van der Waals surface area contributed by atoms with Crippen molar-refractivity contribution in [1.82, 2.24) is 24.5 Å². The third-order valence-electron chi connectivity index (χ3n) is 5.78. The molecule has 0 spiro atoms. The Morgan fingerprint density at radius 3 is 2.73 bits per heavy atom. The van der Waals surface area contributed by atoms with Crippen LogP contribution in [0.15, 0.2) is 36.7 Å². The summed E-state index contributed by atoms with van der Waals surface area (Å²) in [5.41, 5.74) is 5.09. The third-order valence-corrected chi connectivity index (χ3v) is 5.78. The van der Waals surface area contributed by atoms with Crippen LogP contribution >= 0.6 is 0 Å². The van der Waals surface area contributed by atoms with Crippen LogP contribution in [0.2, 0.25) is 0 Å². The molecule has 4 aromatic rings. The number of aliphatic hydroxyl groups excluding tert-OH is 1. The van der Waals surface area contributed by atoms with Crippen LogP contribution in [-0.4, -0.2) is 37.9 Å². The molecule has 0 saturated carbocycles. The van der Waals surface area contributed by atoms with Gasteiger partial charge < -0.3 is 19.6 Å². The first kappa shape index (κ1) is 22.9. The SMILES string of the molecule is CNCc1cnc2ccc(-c3ccc(F)c(F)c3OCCc3c(C(C)O)nn(C)c3C)cn12. The molecule has 7 nitrogen and oxygen atoms in total. The summed E-state index contributed by atoms with van der Waals surface area (Å²) < 4.78 is 38.3. The zero-order chi connectivity index (χ0) is 23.7. The third kappa shape index (κ3) is 4.34. The fourth-order valence-corrected chi connectivity index (χ4v) is 3.98. The number of ether oxygens (including phenoxy) is 1. The minimum absolute atomic E-state index is 0.0952. The standard InChI is InChI=1S/C24H27F2N5O2/c1-14-18(23(15(2)32)29-30(14)4)9-10-33-24-19(6-7-20(25)22(24)26)16-5-8-21-28-12-17(11-27-3)31(21)13-16/h5-8,12-13,15,27,32H,9-11H2,1-4H3. The molecule has 33 heavy (non-hydrogen) atoms. The van der Waals surface area contributed by atoms with Gasteiger partial charge in [-0.25, -0.2) is 9.37 Å². The van der Waals surface area contributed by atoms with E-state index in [1.165, 1.54) is 6.07 Å². The molecule has 3 heterocycles. The number of hydrogen-bond acceptors (Lipinski definition) is 5. The highest BCUT2D eigenvalue weighted by Crippen LogP contribution is 2.34. The van der Waals surface area contributed by atoms with Crippen molar-refractivity contribution in [3.63, 3.8) is 0 Å². The normalized spacial score (nSPS) is 12.5. The highest BCUT2D eigenvalue weighted by Gasteiger charge is 2.20. The molecule has 9 heteroatoms. The lowest BCUT2D eigenvalue weighted by Crippen LogP contribution is -2.08. The summed E-state index contributed by atoms with van der Waals surface area (Å²) in [6, 6.07) is 6.25. The fourth-order valence-electron chi connectivity index (χ4n) is 3.98. The van der Waals surface area contributed by atoms with Crippen LogP contribution in [-0.2, 0) is 20.0 Å². The number of aliphatic hydroxyl groups is 1. The molecule has 0 amide bonds. The van der Waals surface area contributed by atoms with Crippen LogP contribution < -0.4 is 10.1 Å². The van der Waals surface area contributed by atoms with Gasteiger partial charge in [0.15, 0.2) is 11.6 Å². The van der Waals surface area contributed by atoms with Gasteiger partial charge in [-0.1, -0.05) is 0 Å². The number of halogens is 2. The van der Waals surface area contributed by atoms with Gasteiger partial charge in [0.05, 0.1) is 30.3 Å². The number of benzene rings is 1. The average Bonchev–Trinajstić information content (AvgIpc) is 3.32. The topological polar surface area (TPSA) is 76.6 Å². The van der Waals surface area contributed by atoms with Crippen molar-refractivity contribution >= 4 is 5.65 Å².